The summed E-state index contributed by atoms with van der Waals surface area (Å²) in [5, 5.41) is 9.20. The molecule has 1 unspecified atom stereocenters. The predicted molar refractivity (Wildman–Crippen MR) is 79.1 cm³/mol. The van der Waals surface area contributed by atoms with Crippen molar-refractivity contribution in [3.8, 4) is 5.75 Å². The smallest absolute Gasteiger partial charge is 0.226 e. The fourth-order valence-electron chi connectivity index (χ4n) is 3.29. The molecule has 3 rings (SSSR count). The number of piperidine rings is 1. The van der Waals surface area contributed by atoms with E-state index in [2.05, 4.69) is 9.80 Å². The first-order valence-corrected chi connectivity index (χ1v) is 7.64. The Bertz CT molecular complexity index is 537. The number of aromatic hydroxyl groups is 1. The molecule has 6 nitrogen and oxygen atoms in total. The lowest BCUT2D eigenvalue weighted by atomic mass is 10.0. The van der Waals surface area contributed by atoms with Crippen LogP contribution in [-0.2, 0) is 6.54 Å². The van der Waals surface area contributed by atoms with Gasteiger partial charge in [0.2, 0.25) is 5.43 Å². The van der Waals surface area contributed by atoms with E-state index < -0.39 is 0 Å². The van der Waals surface area contributed by atoms with E-state index in [1.807, 2.05) is 0 Å². The minimum atomic E-state index is -0.378. The topological polar surface area (TPSA) is 82.9 Å². The second-order valence-corrected chi connectivity index (χ2v) is 6.15. The summed E-state index contributed by atoms with van der Waals surface area (Å²) >= 11 is 0. The third-order valence-electron chi connectivity index (χ3n) is 4.58. The highest BCUT2D eigenvalue weighted by Gasteiger charge is 2.30. The van der Waals surface area contributed by atoms with Gasteiger partial charge in [-0.25, -0.2) is 0 Å². The Hall–Kier alpha value is -1.37. The molecule has 0 aromatic carbocycles. The van der Waals surface area contributed by atoms with Crippen LogP contribution in [0.1, 0.15) is 25.0 Å². The molecule has 3 N–H and O–H groups in total. The maximum absolute atomic E-state index is 11.4. The van der Waals surface area contributed by atoms with E-state index in [0.29, 0.717) is 24.4 Å². The quantitative estimate of drug-likeness (QED) is 0.836. The summed E-state index contributed by atoms with van der Waals surface area (Å²) in [7, 11) is 0. The molecular formula is C15H23N3O3. The largest absolute Gasteiger partial charge is 0.502 e. The molecular weight excluding hydrogens is 270 g/mol. The summed E-state index contributed by atoms with van der Waals surface area (Å²) in [5.74, 6) is 0.279. The Labute approximate surface area is 124 Å². The molecule has 6 heteroatoms. The average molecular weight is 293 g/mol. The van der Waals surface area contributed by atoms with Crippen molar-refractivity contribution in [2.24, 2.45) is 5.73 Å². The first-order chi connectivity index (χ1) is 10.1. The van der Waals surface area contributed by atoms with Crippen molar-refractivity contribution < 1.29 is 9.52 Å². The van der Waals surface area contributed by atoms with Crippen LogP contribution in [0.4, 0.5) is 0 Å². The Morgan fingerprint density at radius 3 is 2.76 bits per heavy atom. The minimum absolute atomic E-state index is 0.331. The summed E-state index contributed by atoms with van der Waals surface area (Å²) in [6.07, 6.45) is 4.45. The van der Waals surface area contributed by atoms with Crippen LogP contribution in [0.25, 0.3) is 0 Å². The summed E-state index contributed by atoms with van der Waals surface area (Å²) < 4.78 is 5.27. The number of likely N-dealkylation sites (tertiary alicyclic amines) is 2. The SMILES string of the molecule is NC1CCN(C2CCN(Cc3cc(=O)c(O)co3)C2)CC1. The first kappa shape index (κ1) is 14.6. The Morgan fingerprint density at radius 1 is 1.29 bits per heavy atom. The summed E-state index contributed by atoms with van der Waals surface area (Å²) in [6, 6.07) is 2.33. The van der Waals surface area contributed by atoms with Crippen LogP contribution in [0.3, 0.4) is 0 Å². The zero-order chi connectivity index (χ0) is 14.8. The molecule has 3 heterocycles. The van der Waals surface area contributed by atoms with E-state index >= 15 is 0 Å². The van der Waals surface area contributed by atoms with E-state index in [4.69, 9.17) is 10.2 Å². The molecule has 0 amide bonds. The fourth-order valence-corrected chi connectivity index (χ4v) is 3.29. The van der Waals surface area contributed by atoms with Crippen LogP contribution >= 0.6 is 0 Å². The predicted octanol–water partition coefficient (Wildman–Crippen LogP) is 0.343. The number of hydrogen-bond acceptors (Lipinski definition) is 6. The number of hydrogen-bond donors (Lipinski definition) is 2. The summed E-state index contributed by atoms with van der Waals surface area (Å²) in [5.41, 5.74) is 5.57. The van der Waals surface area contributed by atoms with Gasteiger partial charge in [0.05, 0.1) is 6.54 Å². The van der Waals surface area contributed by atoms with E-state index in [1.54, 1.807) is 0 Å². The zero-order valence-electron chi connectivity index (χ0n) is 12.2. The molecule has 0 radical (unpaired) electrons. The van der Waals surface area contributed by atoms with Gasteiger partial charge in [0, 0.05) is 31.2 Å². The second kappa shape index (κ2) is 6.17. The molecule has 2 saturated heterocycles. The van der Waals surface area contributed by atoms with Gasteiger partial charge in [-0.1, -0.05) is 0 Å². The Balaban J connectivity index is 1.54. The van der Waals surface area contributed by atoms with Crippen LogP contribution in [-0.4, -0.2) is 53.2 Å². The Morgan fingerprint density at radius 2 is 2.05 bits per heavy atom. The molecule has 2 fully saturated rings. The summed E-state index contributed by atoms with van der Waals surface area (Å²) in [4.78, 5) is 16.2. The number of rotatable bonds is 3. The maximum atomic E-state index is 11.4. The lowest BCUT2D eigenvalue weighted by molar-refractivity contribution is 0.150. The number of nitrogens with two attached hydrogens (primary N) is 1. The third-order valence-corrected chi connectivity index (χ3v) is 4.58. The number of nitrogens with zero attached hydrogens (tertiary/aromatic N) is 2. The normalized spacial score (nSPS) is 25.5. The third kappa shape index (κ3) is 3.45. The molecule has 1 atom stereocenters. The molecule has 116 valence electrons. The fraction of sp³-hybridized carbons (Fsp3) is 0.667. The molecule has 0 bridgehead atoms. The van der Waals surface area contributed by atoms with Gasteiger partial charge in [-0.2, -0.15) is 0 Å². The van der Waals surface area contributed by atoms with Crippen LogP contribution in [0, 0.1) is 0 Å². The lowest BCUT2D eigenvalue weighted by Gasteiger charge is -2.34. The van der Waals surface area contributed by atoms with Crippen LogP contribution in [0.15, 0.2) is 21.5 Å². The highest BCUT2D eigenvalue weighted by molar-refractivity contribution is 5.15. The molecule has 2 aliphatic heterocycles. The molecule has 0 saturated carbocycles. The molecule has 0 aliphatic carbocycles. The van der Waals surface area contributed by atoms with Gasteiger partial charge in [0.1, 0.15) is 12.0 Å². The zero-order valence-corrected chi connectivity index (χ0v) is 12.2. The molecule has 21 heavy (non-hydrogen) atoms. The van der Waals surface area contributed by atoms with Gasteiger partial charge in [-0.15, -0.1) is 0 Å². The van der Waals surface area contributed by atoms with Crippen molar-refractivity contribution in [2.75, 3.05) is 26.2 Å². The van der Waals surface area contributed by atoms with E-state index in [9.17, 15) is 9.90 Å². The van der Waals surface area contributed by atoms with Gasteiger partial charge < -0.3 is 15.3 Å². The van der Waals surface area contributed by atoms with Crippen molar-refractivity contribution >= 4 is 0 Å². The van der Waals surface area contributed by atoms with E-state index in [0.717, 1.165) is 51.7 Å². The van der Waals surface area contributed by atoms with Crippen molar-refractivity contribution in [1.82, 2.24) is 9.80 Å². The lowest BCUT2D eigenvalue weighted by Crippen LogP contribution is -2.46. The van der Waals surface area contributed by atoms with Crippen molar-refractivity contribution in [3.63, 3.8) is 0 Å². The first-order valence-electron chi connectivity index (χ1n) is 7.64. The van der Waals surface area contributed by atoms with Crippen LogP contribution in [0.5, 0.6) is 5.75 Å². The summed E-state index contributed by atoms with van der Waals surface area (Å²) in [6.45, 7) is 4.82. The van der Waals surface area contributed by atoms with Gasteiger partial charge in [-0.3, -0.25) is 14.6 Å². The van der Waals surface area contributed by atoms with E-state index in [1.165, 1.54) is 6.07 Å². The molecule has 0 spiro atoms. The Kier molecular flexibility index (Phi) is 4.28. The van der Waals surface area contributed by atoms with Gasteiger partial charge >= 0.3 is 0 Å². The highest BCUT2D eigenvalue weighted by atomic mass is 16.4. The standard InChI is InChI=1S/C15H23N3O3/c16-11-1-5-18(6-2-11)12-3-4-17(8-12)9-13-7-14(19)15(20)10-21-13/h7,10-12,20H,1-6,8-9,16H2. The van der Waals surface area contributed by atoms with Crippen molar-refractivity contribution in [3.05, 3.63) is 28.3 Å². The molecule has 1 aromatic heterocycles. The van der Waals surface area contributed by atoms with Crippen LogP contribution in [0.2, 0.25) is 0 Å². The van der Waals surface area contributed by atoms with Gasteiger partial charge in [0.15, 0.2) is 5.75 Å². The van der Waals surface area contributed by atoms with Gasteiger partial charge in [-0.05, 0) is 32.4 Å². The molecule has 2 aliphatic rings. The highest BCUT2D eigenvalue weighted by Crippen LogP contribution is 2.21. The monoisotopic (exact) mass is 293 g/mol. The molecule has 1 aromatic rings. The second-order valence-electron chi connectivity index (χ2n) is 6.15. The van der Waals surface area contributed by atoms with E-state index in [-0.39, 0.29) is 11.2 Å². The van der Waals surface area contributed by atoms with Crippen molar-refractivity contribution in [1.29, 1.82) is 0 Å². The van der Waals surface area contributed by atoms with Crippen molar-refractivity contribution in [2.45, 2.75) is 37.9 Å². The minimum Gasteiger partial charge on any atom is -0.502 e. The maximum Gasteiger partial charge on any atom is 0.226 e. The average Bonchev–Trinajstić information content (AvgIpc) is 2.92. The van der Waals surface area contributed by atoms with Crippen LogP contribution < -0.4 is 11.2 Å². The van der Waals surface area contributed by atoms with Gasteiger partial charge in [0.25, 0.3) is 0 Å².